The van der Waals surface area contributed by atoms with Gasteiger partial charge in [-0.05, 0) is 36.4 Å². The van der Waals surface area contributed by atoms with Gasteiger partial charge < -0.3 is 9.84 Å². The molecule has 5 heteroatoms. The predicted molar refractivity (Wildman–Crippen MR) is 82.4 cm³/mol. The SMILES string of the molecule is Oc1cccc2c1OCC1CN(c3ccc(Cl)cc3)N=C21. The molecule has 0 amide bonds. The molecule has 0 saturated carbocycles. The molecule has 0 spiro atoms. The summed E-state index contributed by atoms with van der Waals surface area (Å²) in [5, 5.41) is 17.3. The van der Waals surface area contributed by atoms with Crippen LogP contribution in [-0.4, -0.2) is 24.0 Å². The number of nitrogens with zero attached hydrogens (tertiary/aromatic N) is 2. The average molecular weight is 301 g/mol. The van der Waals surface area contributed by atoms with Crippen molar-refractivity contribution in [2.75, 3.05) is 18.2 Å². The van der Waals surface area contributed by atoms with Crippen molar-refractivity contribution in [2.45, 2.75) is 0 Å². The zero-order valence-electron chi connectivity index (χ0n) is 11.2. The number of ether oxygens (including phenoxy) is 1. The zero-order chi connectivity index (χ0) is 14.4. The minimum absolute atomic E-state index is 0.165. The lowest BCUT2D eigenvalue weighted by Crippen LogP contribution is -2.29. The van der Waals surface area contributed by atoms with E-state index in [9.17, 15) is 5.11 Å². The standard InChI is InChI=1S/C16H13ClN2O2/c17-11-4-6-12(7-5-11)19-8-10-9-21-16-13(15(10)18-19)2-1-3-14(16)20/h1-7,10,20H,8-9H2. The molecule has 2 aromatic carbocycles. The summed E-state index contributed by atoms with van der Waals surface area (Å²) in [4.78, 5) is 0. The third kappa shape index (κ3) is 2.03. The third-order valence-electron chi connectivity index (χ3n) is 3.83. The number of phenols is 1. The molecule has 1 atom stereocenters. The Kier molecular flexibility index (Phi) is 2.79. The van der Waals surface area contributed by atoms with Gasteiger partial charge >= 0.3 is 0 Å². The number of benzene rings is 2. The Morgan fingerprint density at radius 2 is 2.00 bits per heavy atom. The summed E-state index contributed by atoms with van der Waals surface area (Å²) in [6.45, 7) is 1.31. The number of phenolic OH excluding ortho intramolecular Hbond substituents is 1. The number of fused-ring (bicyclic) bond motifs is 3. The second-order valence-corrected chi connectivity index (χ2v) is 5.64. The minimum Gasteiger partial charge on any atom is -0.504 e. The summed E-state index contributed by atoms with van der Waals surface area (Å²) in [7, 11) is 0. The number of hydrogen-bond acceptors (Lipinski definition) is 4. The number of anilines is 1. The lowest BCUT2D eigenvalue weighted by molar-refractivity contribution is 0.267. The number of rotatable bonds is 1. The average Bonchev–Trinajstić information content (AvgIpc) is 2.93. The zero-order valence-corrected chi connectivity index (χ0v) is 11.9. The Bertz CT molecular complexity index is 728. The van der Waals surface area contributed by atoms with Crippen molar-refractivity contribution in [3.63, 3.8) is 0 Å². The van der Waals surface area contributed by atoms with Gasteiger partial charge in [0.15, 0.2) is 11.5 Å². The van der Waals surface area contributed by atoms with Gasteiger partial charge in [0.2, 0.25) is 0 Å². The summed E-state index contributed by atoms with van der Waals surface area (Å²) < 4.78 is 5.69. The molecule has 0 aromatic heterocycles. The van der Waals surface area contributed by atoms with Gasteiger partial charge in [-0.1, -0.05) is 17.7 Å². The van der Waals surface area contributed by atoms with E-state index in [4.69, 9.17) is 21.4 Å². The molecule has 0 radical (unpaired) electrons. The lowest BCUT2D eigenvalue weighted by atomic mass is 9.95. The highest BCUT2D eigenvalue weighted by Gasteiger charge is 2.35. The van der Waals surface area contributed by atoms with E-state index in [1.54, 1.807) is 6.07 Å². The van der Waals surface area contributed by atoms with Crippen LogP contribution in [0.5, 0.6) is 11.5 Å². The van der Waals surface area contributed by atoms with Crippen LogP contribution in [0.1, 0.15) is 5.56 Å². The molecule has 2 aliphatic heterocycles. The Balaban J connectivity index is 1.74. The molecule has 0 saturated heterocycles. The van der Waals surface area contributed by atoms with Crippen molar-refractivity contribution in [3.8, 4) is 11.5 Å². The topological polar surface area (TPSA) is 45.1 Å². The lowest BCUT2D eigenvalue weighted by Gasteiger charge is -2.23. The molecule has 21 heavy (non-hydrogen) atoms. The van der Waals surface area contributed by atoms with E-state index in [1.165, 1.54) is 0 Å². The first kappa shape index (κ1) is 12.5. The van der Waals surface area contributed by atoms with Crippen molar-refractivity contribution in [1.82, 2.24) is 0 Å². The fourth-order valence-corrected chi connectivity index (χ4v) is 2.92. The first-order valence-electron chi connectivity index (χ1n) is 6.79. The Morgan fingerprint density at radius 3 is 2.81 bits per heavy atom. The van der Waals surface area contributed by atoms with Crippen molar-refractivity contribution < 1.29 is 9.84 Å². The normalized spacial score (nSPS) is 19.6. The number of hydrogen-bond donors (Lipinski definition) is 1. The van der Waals surface area contributed by atoms with Crippen LogP contribution in [-0.2, 0) is 0 Å². The highest BCUT2D eigenvalue weighted by Crippen LogP contribution is 2.38. The molecule has 4 rings (SSSR count). The second-order valence-electron chi connectivity index (χ2n) is 5.21. The van der Waals surface area contributed by atoms with E-state index < -0.39 is 0 Å². The molecule has 2 heterocycles. The summed E-state index contributed by atoms with van der Waals surface area (Å²) in [6.07, 6.45) is 0. The van der Waals surface area contributed by atoms with Crippen molar-refractivity contribution in [1.29, 1.82) is 0 Å². The molecule has 0 fully saturated rings. The van der Waals surface area contributed by atoms with Gasteiger partial charge in [-0.2, -0.15) is 5.10 Å². The molecule has 106 valence electrons. The monoisotopic (exact) mass is 300 g/mol. The molecule has 0 bridgehead atoms. The predicted octanol–water partition coefficient (Wildman–Crippen LogP) is 3.28. The number of hydrazone groups is 1. The van der Waals surface area contributed by atoms with E-state index in [0.717, 1.165) is 23.5 Å². The molecule has 2 aromatic rings. The molecule has 2 aliphatic rings. The number of halogens is 1. The smallest absolute Gasteiger partial charge is 0.170 e. The van der Waals surface area contributed by atoms with E-state index in [0.29, 0.717) is 17.4 Å². The Morgan fingerprint density at radius 1 is 1.19 bits per heavy atom. The van der Waals surface area contributed by atoms with E-state index in [2.05, 4.69) is 0 Å². The summed E-state index contributed by atoms with van der Waals surface area (Å²) >= 11 is 5.92. The van der Waals surface area contributed by atoms with E-state index in [1.807, 2.05) is 41.4 Å². The molecular weight excluding hydrogens is 288 g/mol. The maximum atomic E-state index is 9.88. The van der Waals surface area contributed by atoms with E-state index >= 15 is 0 Å². The second kappa shape index (κ2) is 4.67. The minimum atomic E-state index is 0.165. The summed E-state index contributed by atoms with van der Waals surface area (Å²) in [5.74, 6) is 0.916. The molecular formula is C16H13ClN2O2. The highest BCUT2D eigenvalue weighted by atomic mass is 35.5. The Labute approximate surface area is 127 Å². The van der Waals surface area contributed by atoms with Gasteiger partial charge in [0.1, 0.15) is 0 Å². The Hall–Kier alpha value is -2.20. The third-order valence-corrected chi connectivity index (χ3v) is 4.08. The number of aromatic hydroxyl groups is 1. The van der Waals surface area contributed by atoms with Crippen LogP contribution >= 0.6 is 11.6 Å². The van der Waals surface area contributed by atoms with Crippen molar-refractivity contribution >= 4 is 23.0 Å². The van der Waals surface area contributed by atoms with Gasteiger partial charge in [0.05, 0.1) is 30.5 Å². The van der Waals surface area contributed by atoms with Gasteiger partial charge in [0, 0.05) is 10.6 Å². The van der Waals surface area contributed by atoms with Gasteiger partial charge in [-0.3, -0.25) is 5.01 Å². The maximum absolute atomic E-state index is 9.88. The van der Waals surface area contributed by atoms with Crippen LogP contribution < -0.4 is 9.75 Å². The van der Waals surface area contributed by atoms with Crippen molar-refractivity contribution in [3.05, 3.63) is 53.1 Å². The van der Waals surface area contributed by atoms with Crippen LogP contribution in [0.3, 0.4) is 0 Å². The first-order valence-corrected chi connectivity index (χ1v) is 7.17. The quantitative estimate of drug-likeness (QED) is 0.879. The van der Waals surface area contributed by atoms with Crippen LogP contribution in [0.15, 0.2) is 47.6 Å². The van der Waals surface area contributed by atoms with Crippen LogP contribution in [0.4, 0.5) is 5.69 Å². The first-order chi connectivity index (χ1) is 10.2. The fraction of sp³-hybridized carbons (Fsp3) is 0.188. The largest absolute Gasteiger partial charge is 0.504 e. The van der Waals surface area contributed by atoms with Gasteiger partial charge in [0.25, 0.3) is 0 Å². The maximum Gasteiger partial charge on any atom is 0.170 e. The van der Waals surface area contributed by atoms with Crippen LogP contribution in [0.2, 0.25) is 5.02 Å². The summed E-state index contributed by atoms with van der Waals surface area (Å²) in [6, 6.07) is 13.0. The number of para-hydroxylation sites is 1. The highest BCUT2D eigenvalue weighted by molar-refractivity contribution is 6.30. The molecule has 4 nitrogen and oxygen atoms in total. The van der Waals surface area contributed by atoms with Crippen LogP contribution in [0, 0.1) is 5.92 Å². The summed E-state index contributed by atoms with van der Waals surface area (Å²) in [5.41, 5.74) is 2.85. The van der Waals surface area contributed by atoms with Gasteiger partial charge in [-0.25, -0.2) is 0 Å². The fourth-order valence-electron chi connectivity index (χ4n) is 2.79. The van der Waals surface area contributed by atoms with Crippen molar-refractivity contribution in [2.24, 2.45) is 11.0 Å². The van der Waals surface area contributed by atoms with Gasteiger partial charge in [-0.15, -0.1) is 0 Å². The molecule has 1 unspecified atom stereocenters. The van der Waals surface area contributed by atoms with E-state index in [-0.39, 0.29) is 11.7 Å². The molecule has 0 aliphatic carbocycles. The van der Waals surface area contributed by atoms with Crippen LogP contribution in [0.25, 0.3) is 0 Å². The molecule has 1 N–H and O–H groups in total.